The van der Waals surface area contributed by atoms with Crippen molar-refractivity contribution >= 4 is 12.3 Å². The Labute approximate surface area is 186 Å². The standard InChI is InChI=1S/C24H25N3O5/c1-26(30)24(29)27-13-11-19(12-14-27)23-25-21(17-5-3-16(15-28)4-6-17)22(32-23)18-7-9-20(31-2)10-8-18/h3-10,15,19,30H,11-14H2,1-2H3. The largest absolute Gasteiger partial charge is 0.497 e. The van der Waals surface area contributed by atoms with Crippen molar-refractivity contribution in [3.05, 3.63) is 60.0 Å². The average molecular weight is 435 g/mol. The van der Waals surface area contributed by atoms with Crippen LogP contribution in [0.4, 0.5) is 4.79 Å². The average Bonchev–Trinajstić information content (AvgIpc) is 3.29. The maximum Gasteiger partial charge on any atom is 0.343 e. The molecule has 0 spiro atoms. The van der Waals surface area contributed by atoms with Crippen LogP contribution in [0.1, 0.15) is 35.0 Å². The molecular weight excluding hydrogens is 410 g/mol. The molecule has 0 bridgehead atoms. The Morgan fingerprint density at radius 1 is 1.12 bits per heavy atom. The molecule has 2 aromatic carbocycles. The molecule has 1 fully saturated rings. The van der Waals surface area contributed by atoms with Crippen LogP contribution in [0.2, 0.25) is 0 Å². The van der Waals surface area contributed by atoms with Crippen LogP contribution in [-0.4, -0.2) is 59.7 Å². The number of hydrogen-bond donors (Lipinski definition) is 1. The molecule has 2 amide bonds. The number of piperidine rings is 1. The topological polar surface area (TPSA) is 96.1 Å². The van der Waals surface area contributed by atoms with E-state index in [4.69, 9.17) is 14.1 Å². The second-order valence-electron chi connectivity index (χ2n) is 7.77. The Balaban J connectivity index is 1.66. The number of benzene rings is 2. The van der Waals surface area contributed by atoms with Gasteiger partial charge in [0.2, 0.25) is 0 Å². The van der Waals surface area contributed by atoms with Gasteiger partial charge in [0, 0.05) is 42.7 Å². The number of methoxy groups -OCH3 is 1. The van der Waals surface area contributed by atoms with Crippen molar-refractivity contribution in [3.8, 4) is 28.3 Å². The molecule has 1 aromatic heterocycles. The van der Waals surface area contributed by atoms with Crippen molar-refractivity contribution in [2.24, 2.45) is 0 Å². The van der Waals surface area contributed by atoms with Crippen LogP contribution in [0.3, 0.4) is 0 Å². The minimum atomic E-state index is -0.411. The van der Waals surface area contributed by atoms with Gasteiger partial charge in [0.15, 0.2) is 11.7 Å². The number of hydrogen-bond acceptors (Lipinski definition) is 6. The first-order valence-corrected chi connectivity index (χ1v) is 10.4. The maximum absolute atomic E-state index is 12.0. The lowest BCUT2D eigenvalue weighted by Gasteiger charge is -2.31. The summed E-state index contributed by atoms with van der Waals surface area (Å²) in [5.41, 5.74) is 3.02. The molecule has 1 aliphatic heterocycles. The Bertz CT molecular complexity index is 1080. The Morgan fingerprint density at radius 3 is 2.31 bits per heavy atom. The van der Waals surface area contributed by atoms with E-state index in [0.717, 1.165) is 23.2 Å². The fourth-order valence-electron chi connectivity index (χ4n) is 3.89. The molecule has 1 saturated heterocycles. The number of carbonyl (C=O) groups is 2. The van der Waals surface area contributed by atoms with Gasteiger partial charge in [0.1, 0.15) is 17.7 Å². The summed E-state index contributed by atoms with van der Waals surface area (Å²) in [6.45, 7) is 1.02. The smallest absolute Gasteiger partial charge is 0.343 e. The van der Waals surface area contributed by atoms with Crippen molar-refractivity contribution in [3.63, 3.8) is 0 Å². The first kappa shape index (κ1) is 21.6. The first-order chi connectivity index (χ1) is 15.5. The fourth-order valence-corrected chi connectivity index (χ4v) is 3.89. The van der Waals surface area contributed by atoms with Gasteiger partial charge in [0.05, 0.1) is 7.11 Å². The van der Waals surface area contributed by atoms with Gasteiger partial charge >= 0.3 is 6.03 Å². The van der Waals surface area contributed by atoms with E-state index in [2.05, 4.69) is 0 Å². The van der Waals surface area contributed by atoms with Gasteiger partial charge in [-0.05, 0) is 37.1 Å². The Morgan fingerprint density at radius 2 is 1.75 bits per heavy atom. The minimum absolute atomic E-state index is 0.0584. The van der Waals surface area contributed by atoms with Gasteiger partial charge in [0.25, 0.3) is 0 Å². The third kappa shape index (κ3) is 4.36. The molecule has 8 heteroatoms. The number of aromatic nitrogens is 1. The van der Waals surface area contributed by atoms with Crippen LogP contribution >= 0.6 is 0 Å². The van der Waals surface area contributed by atoms with E-state index in [1.807, 2.05) is 36.4 Å². The molecule has 8 nitrogen and oxygen atoms in total. The van der Waals surface area contributed by atoms with Crippen LogP contribution in [0.5, 0.6) is 5.75 Å². The molecule has 166 valence electrons. The second-order valence-corrected chi connectivity index (χ2v) is 7.77. The number of urea groups is 1. The number of oxazole rings is 1. The van der Waals surface area contributed by atoms with Gasteiger partial charge in [-0.3, -0.25) is 10.0 Å². The number of carbonyl (C=O) groups excluding carboxylic acids is 2. The van der Waals surface area contributed by atoms with Crippen LogP contribution in [0, 0.1) is 0 Å². The van der Waals surface area contributed by atoms with Crippen molar-refractivity contribution in [1.29, 1.82) is 0 Å². The minimum Gasteiger partial charge on any atom is -0.497 e. The lowest BCUT2D eigenvalue weighted by Crippen LogP contribution is -2.43. The summed E-state index contributed by atoms with van der Waals surface area (Å²) in [7, 11) is 2.94. The van der Waals surface area contributed by atoms with E-state index < -0.39 is 6.03 Å². The molecule has 1 aliphatic rings. The molecule has 0 atom stereocenters. The molecule has 0 saturated carbocycles. The predicted molar refractivity (Wildman–Crippen MR) is 118 cm³/mol. The molecular formula is C24H25N3O5. The van der Waals surface area contributed by atoms with Crippen molar-refractivity contribution in [2.75, 3.05) is 27.2 Å². The third-order valence-electron chi connectivity index (χ3n) is 5.71. The summed E-state index contributed by atoms with van der Waals surface area (Å²) < 4.78 is 11.5. The lowest BCUT2D eigenvalue weighted by atomic mass is 9.97. The number of likely N-dealkylation sites (tertiary alicyclic amines) is 1. The first-order valence-electron chi connectivity index (χ1n) is 10.4. The monoisotopic (exact) mass is 435 g/mol. The van der Waals surface area contributed by atoms with Gasteiger partial charge in [-0.25, -0.2) is 14.8 Å². The normalized spacial score (nSPS) is 14.3. The number of amides is 2. The van der Waals surface area contributed by atoms with Crippen LogP contribution in [0.15, 0.2) is 52.9 Å². The fraction of sp³-hybridized carbons (Fsp3) is 0.292. The molecule has 1 N–H and O–H groups in total. The van der Waals surface area contributed by atoms with Gasteiger partial charge in [-0.1, -0.05) is 24.3 Å². The number of rotatable bonds is 5. The maximum atomic E-state index is 12.0. The van der Waals surface area contributed by atoms with Crippen molar-refractivity contribution in [2.45, 2.75) is 18.8 Å². The highest BCUT2D eigenvalue weighted by atomic mass is 16.5. The van der Waals surface area contributed by atoms with E-state index in [1.165, 1.54) is 7.05 Å². The second kappa shape index (κ2) is 9.23. The number of aldehydes is 1. The zero-order valence-corrected chi connectivity index (χ0v) is 18.0. The summed E-state index contributed by atoms with van der Waals surface area (Å²) in [5, 5.41) is 10.0. The van der Waals surface area contributed by atoms with E-state index >= 15 is 0 Å². The van der Waals surface area contributed by atoms with E-state index in [-0.39, 0.29) is 5.92 Å². The summed E-state index contributed by atoms with van der Waals surface area (Å²) in [5.74, 6) is 2.07. The highest BCUT2D eigenvalue weighted by molar-refractivity contribution is 5.80. The highest BCUT2D eigenvalue weighted by Gasteiger charge is 2.29. The number of ether oxygens (including phenoxy) is 1. The summed E-state index contributed by atoms with van der Waals surface area (Å²) >= 11 is 0. The van der Waals surface area contributed by atoms with Crippen LogP contribution < -0.4 is 4.74 Å². The zero-order chi connectivity index (χ0) is 22.7. The molecule has 0 unspecified atom stereocenters. The van der Waals surface area contributed by atoms with E-state index in [9.17, 15) is 14.8 Å². The molecule has 0 aliphatic carbocycles. The van der Waals surface area contributed by atoms with Gasteiger partial charge in [-0.15, -0.1) is 0 Å². The summed E-state index contributed by atoms with van der Waals surface area (Å²) in [4.78, 5) is 29.5. The molecule has 3 aromatic rings. The molecule has 32 heavy (non-hydrogen) atoms. The Kier molecular flexibility index (Phi) is 6.23. The van der Waals surface area contributed by atoms with Crippen molar-refractivity contribution in [1.82, 2.24) is 14.9 Å². The molecule has 4 rings (SSSR count). The van der Waals surface area contributed by atoms with E-state index in [1.54, 1.807) is 24.1 Å². The number of nitrogens with zero attached hydrogens (tertiary/aromatic N) is 3. The molecule has 2 heterocycles. The third-order valence-corrected chi connectivity index (χ3v) is 5.71. The Hall–Kier alpha value is -3.65. The van der Waals surface area contributed by atoms with Crippen molar-refractivity contribution < 1.29 is 24.0 Å². The van der Waals surface area contributed by atoms with Gasteiger partial charge < -0.3 is 14.1 Å². The SMILES string of the molecule is COc1ccc(-c2oc(C3CCN(C(=O)N(C)O)CC3)nc2-c2ccc(C=O)cc2)cc1. The molecule has 0 radical (unpaired) electrons. The van der Waals surface area contributed by atoms with Crippen LogP contribution in [-0.2, 0) is 0 Å². The number of hydroxylamine groups is 2. The predicted octanol–water partition coefficient (Wildman–Crippen LogP) is 4.45. The van der Waals surface area contributed by atoms with Crippen LogP contribution in [0.25, 0.3) is 22.6 Å². The summed E-state index contributed by atoms with van der Waals surface area (Å²) in [6.07, 6.45) is 2.18. The zero-order valence-electron chi connectivity index (χ0n) is 18.0. The lowest BCUT2D eigenvalue weighted by molar-refractivity contribution is -0.0358. The highest BCUT2D eigenvalue weighted by Crippen LogP contribution is 2.38. The summed E-state index contributed by atoms with van der Waals surface area (Å²) in [6, 6.07) is 14.4. The van der Waals surface area contributed by atoms with Gasteiger partial charge in [-0.2, -0.15) is 0 Å². The quantitative estimate of drug-likeness (QED) is 0.361. The van der Waals surface area contributed by atoms with E-state index in [0.29, 0.717) is 53.9 Å².